The Balaban J connectivity index is 3.32. The molecule has 94 valence electrons. The highest BCUT2D eigenvalue weighted by atomic mass is 127. The third-order valence-electron chi connectivity index (χ3n) is 2.04. The molecule has 0 aliphatic rings. The lowest BCUT2D eigenvalue weighted by Gasteiger charge is -2.08. The highest BCUT2D eigenvalue weighted by molar-refractivity contribution is 14.2. The second-order valence-corrected chi connectivity index (χ2v) is 10.3. The van der Waals surface area contributed by atoms with Crippen LogP contribution in [0.3, 0.4) is 0 Å². The predicted molar refractivity (Wildman–Crippen MR) is 93.8 cm³/mol. The molecule has 0 bridgehead atoms. The Morgan fingerprint density at radius 3 is 2.35 bits per heavy atom. The number of rotatable bonds is 3. The van der Waals surface area contributed by atoms with E-state index in [4.69, 9.17) is 4.55 Å². The van der Waals surface area contributed by atoms with Crippen LogP contribution < -0.4 is 0 Å². The average molecular weight is 590 g/mol. The van der Waals surface area contributed by atoms with Crippen molar-refractivity contribution in [1.29, 1.82) is 0 Å². The Kier molecular flexibility index (Phi) is 6.14. The maximum absolute atomic E-state index is 11.2. The maximum Gasteiger partial charge on any atom is 0.294 e. The van der Waals surface area contributed by atoms with Crippen LogP contribution in [-0.2, 0) is 16.5 Å². The van der Waals surface area contributed by atoms with Gasteiger partial charge in [-0.05, 0) is 86.3 Å². The smallest absolute Gasteiger partial charge is 0.282 e. The summed E-state index contributed by atoms with van der Waals surface area (Å²) in [6.07, 6.45) is 0.512. The Morgan fingerprint density at radius 2 is 1.88 bits per heavy atom. The summed E-state index contributed by atoms with van der Waals surface area (Å²) in [4.78, 5) is -0.00804. The number of benzene rings is 1. The molecule has 7 heteroatoms. The molecule has 0 amide bonds. The van der Waals surface area contributed by atoms with Gasteiger partial charge >= 0.3 is 0 Å². The summed E-state index contributed by atoms with van der Waals surface area (Å²) in [6, 6.07) is 4.92. The van der Waals surface area contributed by atoms with E-state index in [0.717, 1.165) is 10.7 Å². The minimum atomic E-state index is -4.15. The molecule has 1 aromatic carbocycles. The Morgan fingerprint density at radius 1 is 1.29 bits per heavy atom. The number of allylic oxidation sites excluding steroid dienone is 1. The molecule has 0 heterocycles. The van der Waals surface area contributed by atoms with Gasteiger partial charge in [0, 0.05) is 10.0 Å². The summed E-state index contributed by atoms with van der Waals surface area (Å²) >= 11 is 6.55. The van der Waals surface area contributed by atoms with E-state index in [9.17, 15) is 8.42 Å². The molecule has 0 saturated heterocycles. The first-order chi connectivity index (χ1) is 7.71. The molecule has 0 spiro atoms. The highest BCUT2D eigenvalue weighted by Crippen LogP contribution is 2.30. The molecular weight excluding hydrogens is 581 g/mol. The molecule has 0 aromatic heterocycles. The highest BCUT2D eigenvalue weighted by Gasteiger charge is 2.16. The standard InChI is InChI=1S/C10H9I3O3S/c1-6-2-3-9(17(14,15)16)7(4-6)5-8(11)10(12)13/h2-4H,5H2,1H3,(H,14,15,16). The van der Waals surface area contributed by atoms with Gasteiger partial charge in [0.1, 0.15) is 0 Å². The third kappa shape index (κ3) is 4.91. The molecule has 1 rings (SSSR count). The SMILES string of the molecule is Cc1ccc(S(=O)(=O)O)c(CC(I)=C(I)I)c1. The van der Waals surface area contributed by atoms with E-state index in [-0.39, 0.29) is 4.90 Å². The zero-order valence-electron chi connectivity index (χ0n) is 8.75. The minimum absolute atomic E-state index is 0.00804. The lowest BCUT2D eigenvalue weighted by Crippen LogP contribution is -2.03. The number of aryl methyl sites for hydroxylation is 1. The van der Waals surface area contributed by atoms with Crippen molar-refractivity contribution in [3.05, 3.63) is 34.5 Å². The van der Waals surface area contributed by atoms with Gasteiger partial charge in [0.25, 0.3) is 10.1 Å². The summed E-state index contributed by atoms with van der Waals surface area (Å²) in [6.45, 7) is 1.89. The van der Waals surface area contributed by atoms with Crippen molar-refractivity contribution in [1.82, 2.24) is 0 Å². The Bertz CT molecular complexity index is 560. The van der Waals surface area contributed by atoms with E-state index < -0.39 is 10.1 Å². The molecule has 0 radical (unpaired) electrons. The lowest BCUT2D eigenvalue weighted by atomic mass is 10.1. The van der Waals surface area contributed by atoms with Gasteiger partial charge < -0.3 is 0 Å². The van der Waals surface area contributed by atoms with Gasteiger partial charge in [-0.25, -0.2) is 0 Å². The number of halogens is 3. The van der Waals surface area contributed by atoms with Crippen LogP contribution in [0, 0.1) is 6.92 Å². The minimum Gasteiger partial charge on any atom is -0.282 e. The molecule has 0 unspecified atom stereocenters. The fourth-order valence-corrected chi connectivity index (χ4v) is 2.83. The molecule has 3 nitrogen and oxygen atoms in total. The Labute approximate surface area is 142 Å². The van der Waals surface area contributed by atoms with E-state index in [1.807, 2.05) is 6.92 Å². The van der Waals surface area contributed by atoms with Gasteiger partial charge in [0.15, 0.2) is 0 Å². The monoisotopic (exact) mass is 590 g/mol. The van der Waals surface area contributed by atoms with Gasteiger partial charge in [-0.1, -0.05) is 17.7 Å². The second kappa shape index (κ2) is 6.48. The molecule has 1 N–H and O–H groups in total. The fourth-order valence-electron chi connectivity index (χ4n) is 1.33. The van der Waals surface area contributed by atoms with E-state index in [0.29, 0.717) is 12.0 Å². The van der Waals surface area contributed by atoms with Crippen molar-refractivity contribution in [2.75, 3.05) is 0 Å². The lowest BCUT2D eigenvalue weighted by molar-refractivity contribution is 0.482. The van der Waals surface area contributed by atoms with Crippen molar-refractivity contribution in [2.24, 2.45) is 0 Å². The van der Waals surface area contributed by atoms with Gasteiger partial charge in [-0.15, -0.1) is 0 Å². The van der Waals surface area contributed by atoms with Gasteiger partial charge in [0.05, 0.1) is 6.48 Å². The molecule has 0 aliphatic heterocycles. The molecule has 1 aromatic rings. The van der Waals surface area contributed by atoms with Crippen LogP contribution in [0.5, 0.6) is 0 Å². The summed E-state index contributed by atoms with van der Waals surface area (Å²) in [5.74, 6) is 0. The summed E-state index contributed by atoms with van der Waals surface area (Å²) in [7, 11) is -4.15. The molecule has 0 aliphatic carbocycles. The van der Waals surface area contributed by atoms with Crippen LogP contribution in [0.4, 0.5) is 0 Å². The topological polar surface area (TPSA) is 54.4 Å². The van der Waals surface area contributed by atoms with E-state index in [2.05, 4.69) is 67.8 Å². The van der Waals surface area contributed by atoms with E-state index in [1.165, 1.54) is 6.07 Å². The van der Waals surface area contributed by atoms with Crippen LogP contribution >= 0.6 is 67.8 Å². The summed E-state index contributed by atoms with van der Waals surface area (Å²) in [5.41, 5.74) is 1.60. The Hall–Kier alpha value is 1.06. The second-order valence-electron chi connectivity index (χ2n) is 3.43. The number of hydrogen-bond donors (Lipinski definition) is 1. The number of hydrogen-bond acceptors (Lipinski definition) is 2. The molecule has 17 heavy (non-hydrogen) atoms. The first-order valence-electron chi connectivity index (χ1n) is 4.48. The molecule has 0 saturated carbocycles. The summed E-state index contributed by atoms with van der Waals surface area (Å²) in [5, 5.41) is 0. The van der Waals surface area contributed by atoms with Crippen LogP contribution in [-0.4, -0.2) is 13.0 Å². The maximum atomic E-state index is 11.2. The van der Waals surface area contributed by atoms with Crippen molar-refractivity contribution in [3.8, 4) is 0 Å². The van der Waals surface area contributed by atoms with E-state index in [1.54, 1.807) is 12.1 Å². The van der Waals surface area contributed by atoms with Crippen LogP contribution in [0.2, 0.25) is 0 Å². The van der Waals surface area contributed by atoms with Crippen LogP contribution in [0.15, 0.2) is 28.3 Å². The zero-order valence-corrected chi connectivity index (χ0v) is 16.0. The van der Waals surface area contributed by atoms with Gasteiger partial charge in [-0.2, -0.15) is 8.42 Å². The summed E-state index contributed by atoms with van der Waals surface area (Å²) < 4.78 is 33.8. The van der Waals surface area contributed by atoms with Gasteiger partial charge in [0.2, 0.25) is 0 Å². The van der Waals surface area contributed by atoms with Gasteiger partial charge in [-0.3, -0.25) is 4.55 Å². The van der Waals surface area contributed by atoms with Crippen molar-refractivity contribution >= 4 is 77.9 Å². The predicted octanol–water partition coefficient (Wildman–Crippen LogP) is 4.26. The molecular formula is C10H9I3O3S. The van der Waals surface area contributed by atoms with Crippen LogP contribution in [0.25, 0.3) is 0 Å². The first-order valence-corrected chi connectivity index (χ1v) is 9.16. The van der Waals surface area contributed by atoms with E-state index >= 15 is 0 Å². The fraction of sp³-hybridized carbons (Fsp3) is 0.200. The molecule has 0 fully saturated rings. The first kappa shape index (κ1) is 16.1. The quantitative estimate of drug-likeness (QED) is 0.424. The molecule has 0 atom stereocenters. The van der Waals surface area contributed by atoms with Crippen LogP contribution in [0.1, 0.15) is 11.1 Å². The van der Waals surface area contributed by atoms with Crippen molar-refractivity contribution in [3.63, 3.8) is 0 Å². The third-order valence-corrected chi connectivity index (χ3v) is 7.29. The van der Waals surface area contributed by atoms with Crippen molar-refractivity contribution in [2.45, 2.75) is 18.2 Å². The van der Waals surface area contributed by atoms with Crippen molar-refractivity contribution < 1.29 is 13.0 Å². The normalized spacial score (nSPS) is 11.4. The largest absolute Gasteiger partial charge is 0.294 e. The zero-order chi connectivity index (χ0) is 13.2. The average Bonchev–Trinajstić information content (AvgIpc) is 2.15.